The monoisotopic (exact) mass is 359 g/mol. The number of nitrogens with zero attached hydrogens (tertiary/aromatic N) is 1. The Kier molecular flexibility index (Phi) is 6.18. The van der Waals surface area contributed by atoms with Gasteiger partial charge in [0.05, 0.1) is 12.5 Å². The van der Waals surface area contributed by atoms with Crippen LogP contribution in [0.1, 0.15) is 39.2 Å². The van der Waals surface area contributed by atoms with Gasteiger partial charge in [-0.15, -0.1) is 0 Å². The van der Waals surface area contributed by atoms with E-state index >= 15 is 0 Å². The number of fused-ring (bicyclic) bond motifs is 1. The molecule has 2 atom stereocenters. The maximum atomic E-state index is 12.9. The number of hydrogen-bond acceptors (Lipinski definition) is 5. The van der Waals surface area contributed by atoms with E-state index in [4.69, 9.17) is 9.47 Å². The molecule has 26 heavy (non-hydrogen) atoms. The van der Waals surface area contributed by atoms with E-state index in [2.05, 4.69) is 0 Å². The fraction of sp³-hybridized carbons (Fsp3) is 0.450. The third-order valence-corrected chi connectivity index (χ3v) is 4.46. The lowest BCUT2D eigenvalue weighted by Gasteiger charge is -2.24. The summed E-state index contributed by atoms with van der Waals surface area (Å²) in [7, 11) is 1.74. The molecule has 0 saturated heterocycles. The van der Waals surface area contributed by atoms with Gasteiger partial charge in [-0.05, 0) is 36.5 Å². The molecule has 0 N–H and O–H groups in total. The average molecular weight is 359 g/mol. The number of likely N-dealkylation sites (N-methyl/N-ethyl adjacent to an activating group) is 1. The van der Waals surface area contributed by atoms with Gasteiger partial charge in [-0.1, -0.05) is 32.0 Å². The van der Waals surface area contributed by atoms with Crippen molar-refractivity contribution in [2.24, 2.45) is 11.8 Å². The molecular weight excluding hydrogens is 334 g/mol. The van der Waals surface area contributed by atoms with E-state index in [1.54, 1.807) is 24.9 Å². The first-order valence-corrected chi connectivity index (χ1v) is 8.71. The Bertz CT molecular complexity index is 737. The van der Waals surface area contributed by atoms with E-state index in [1.807, 2.05) is 38.1 Å². The highest BCUT2D eigenvalue weighted by Gasteiger charge is 2.41. The molecule has 6 nitrogen and oxygen atoms in total. The SMILES string of the molecule is CCOC(=O)/C(=C/[C@@H](C(C)C)[C@@H]1C(=O)N(C)c2ccccc21)OC(C)=O. The van der Waals surface area contributed by atoms with Crippen molar-refractivity contribution in [1.29, 1.82) is 0 Å². The fourth-order valence-electron chi connectivity index (χ4n) is 3.24. The predicted octanol–water partition coefficient (Wildman–Crippen LogP) is 3.03. The summed E-state index contributed by atoms with van der Waals surface area (Å²) in [5, 5.41) is 0. The number of esters is 2. The Morgan fingerprint density at radius 2 is 1.92 bits per heavy atom. The molecule has 1 amide bonds. The number of hydrogen-bond donors (Lipinski definition) is 0. The van der Waals surface area contributed by atoms with Crippen molar-refractivity contribution in [3.8, 4) is 0 Å². The van der Waals surface area contributed by atoms with Gasteiger partial charge in [0, 0.05) is 19.7 Å². The minimum absolute atomic E-state index is 0.0310. The number of ether oxygens (including phenoxy) is 2. The summed E-state index contributed by atoms with van der Waals surface area (Å²) in [4.78, 5) is 38.1. The first-order valence-electron chi connectivity index (χ1n) is 8.71. The van der Waals surface area contributed by atoms with E-state index < -0.39 is 17.9 Å². The lowest BCUT2D eigenvalue weighted by atomic mass is 9.79. The predicted molar refractivity (Wildman–Crippen MR) is 97.4 cm³/mol. The molecule has 0 unspecified atom stereocenters. The third-order valence-electron chi connectivity index (χ3n) is 4.46. The number of para-hydroxylation sites is 1. The van der Waals surface area contributed by atoms with E-state index in [1.165, 1.54) is 6.92 Å². The zero-order valence-electron chi connectivity index (χ0n) is 15.8. The van der Waals surface area contributed by atoms with Crippen molar-refractivity contribution < 1.29 is 23.9 Å². The second-order valence-electron chi connectivity index (χ2n) is 6.60. The zero-order chi connectivity index (χ0) is 19.4. The standard InChI is InChI=1S/C20H25NO5/c1-6-25-20(24)17(26-13(4)22)11-15(12(2)3)18-14-9-7-8-10-16(14)21(5)19(18)23/h7-12,15,18H,6H2,1-5H3/b17-11-/t15-,18+/m0/s1. The lowest BCUT2D eigenvalue weighted by Crippen LogP contribution is -2.30. The van der Waals surface area contributed by atoms with Crippen LogP contribution in [-0.4, -0.2) is 31.5 Å². The van der Waals surface area contributed by atoms with E-state index in [0.717, 1.165) is 11.3 Å². The van der Waals surface area contributed by atoms with Crippen LogP contribution in [0.2, 0.25) is 0 Å². The number of carbonyl (C=O) groups is 3. The molecule has 0 radical (unpaired) electrons. The van der Waals surface area contributed by atoms with Crippen LogP contribution in [0, 0.1) is 11.8 Å². The van der Waals surface area contributed by atoms with Crippen molar-refractivity contribution >= 4 is 23.5 Å². The second-order valence-corrected chi connectivity index (χ2v) is 6.60. The quantitative estimate of drug-likeness (QED) is 0.443. The highest BCUT2D eigenvalue weighted by molar-refractivity contribution is 6.05. The van der Waals surface area contributed by atoms with Crippen LogP contribution in [0.25, 0.3) is 0 Å². The van der Waals surface area contributed by atoms with Crippen LogP contribution in [0.3, 0.4) is 0 Å². The highest BCUT2D eigenvalue weighted by Crippen LogP contribution is 2.43. The van der Waals surface area contributed by atoms with Crippen LogP contribution in [0.4, 0.5) is 5.69 Å². The summed E-state index contributed by atoms with van der Waals surface area (Å²) in [5.74, 6) is -2.28. The summed E-state index contributed by atoms with van der Waals surface area (Å²) in [6, 6.07) is 7.58. The number of anilines is 1. The van der Waals surface area contributed by atoms with Gasteiger partial charge in [0.1, 0.15) is 0 Å². The Balaban J connectivity index is 2.49. The molecule has 0 aromatic heterocycles. The smallest absolute Gasteiger partial charge is 0.374 e. The second kappa shape index (κ2) is 8.17. The summed E-state index contributed by atoms with van der Waals surface area (Å²) in [5.41, 5.74) is 1.76. The molecule has 1 aromatic carbocycles. The van der Waals surface area contributed by atoms with Gasteiger partial charge in [0.2, 0.25) is 11.7 Å². The summed E-state index contributed by atoms with van der Waals surface area (Å²) in [6.07, 6.45) is 1.56. The van der Waals surface area contributed by atoms with Crippen molar-refractivity contribution in [2.45, 2.75) is 33.6 Å². The van der Waals surface area contributed by atoms with Crippen molar-refractivity contribution in [2.75, 3.05) is 18.6 Å². The minimum Gasteiger partial charge on any atom is -0.460 e. The van der Waals surface area contributed by atoms with Gasteiger partial charge in [-0.3, -0.25) is 9.59 Å². The molecule has 2 rings (SSSR count). The number of carbonyl (C=O) groups excluding carboxylic acids is 3. The van der Waals surface area contributed by atoms with Crippen molar-refractivity contribution in [1.82, 2.24) is 0 Å². The molecular formula is C20H25NO5. The Labute approximate surface area is 153 Å². The van der Waals surface area contributed by atoms with Gasteiger partial charge in [0.25, 0.3) is 0 Å². The van der Waals surface area contributed by atoms with Gasteiger partial charge >= 0.3 is 11.9 Å². The normalized spacial score (nSPS) is 17.9. The van der Waals surface area contributed by atoms with Crippen molar-refractivity contribution in [3.63, 3.8) is 0 Å². The first-order chi connectivity index (χ1) is 12.3. The molecule has 0 fully saturated rings. The number of rotatable bonds is 6. The number of allylic oxidation sites excluding steroid dienone is 1. The molecule has 0 bridgehead atoms. The summed E-state index contributed by atoms with van der Waals surface area (Å²) >= 11 is 0. The molecule has 1 heterocycles. The maximum Gasteiger partial charge on any atom is 0.374 e. The lowest BCUT2D eigenvalue weighted by molar-refractivity contribution is -0.150. The van der Waals surface area contributed by atoms with E-state index in [9.17, 15) is 14.4 Å². The van der Waals surface area contributed by atoms with Gasteiger partial charge in [-0.2, -0.15) is 0 Å². The van der Waals surface area contributed by atoms with Crippen molar-refractivity contribution in [3.05, 3.63) is 41.7 Å². The average Bonchev–Trinajstić information content (AvgIpc) is 2.83. The van der Waals surface area contributed by atoms with Crippen LogP contribution in [0.5, 0.6) is 0 Å². The molecule has 1 aromatic rings. The van der Waals surface area contributed by atoms with Gasteiger partial charge in [0.15, 0.2) is 0 Å². The van der Waals surface area contributed by atoms with Crippen LogP contribution >= 0.6 is 0 Å². The Hall–Kier alpha value is -2.63. The first kappa shape index (κ1) is 19.7. The van der Waals surface area contributed by atoms with Gasteiger partial charge < -0.3 is 14.4 Å². The van der Waals surface area contributed by atoms with Gasteiger partial charge in [-0.25, -0.2) is 4.79 Å². The number of amides is 1. The largest absolute Gasteiger partial charge is 0.460 e. The fourth-order valence-corrected chi connectivity index (χ4v) is 3.24. The summed E-state index contributed by atoms with van der Waals surface area (Å²) in [6.45, 7) is 6.99. The Morgan fingerprint density at radius 3 is 2.50 bits per heavy atom. The molecule has 1 aliphatic rings. The molecule has 0 spiro atoms. The molecule has 140 valence electrons. The highest BCUT2D eigenvalue weighted by atomic mass is 16.6. The Morgan fingerprint density at radius 1 is 1.27 bits per heavy atom. The van der Waals surface area contributed by atoms with Crippen LogP contribution in [0.15, 0.2) is 36.1 Å². The number of benzene rings is 1. The van der Waals surface area contributed by atoms with Crippen LogP contribution < -0.4 is 4.90 Å². The molecule has 1 aliphatic heterocycles. The molecule has 0 aliphatic carbocycles. The zero-order valence-corrected chi connectivity index (χ0v) is 15.8. The topological polar surface area (TPSA) is 72.9 Å². The van der Waals surface area contributed by atoms with E-state index in [-0.39, 0.29) is 30.1 Å². The maximum absolute atomic E-state index is 12.9. The minimum atomic E-state index is -0.708. The van der Waals surface area contributed by atoms with E-state index in [0.29, 0.717) is 0 Å². The molecule has 0 saturated carbocycles. The molecule has 6 heteroatoms. The third kappa shape index (κ3) is 3.95. The van der Waals surface area contributed by atoms with Crippen LogP contribution in [-0.2, 0) is 23.9 Å². The summed E-state index contributed by atoms with van der Waals surface area (Å²) < 4.78 is 10.1.